The number of likely N-dealkylation sites (tertiary alicyclic amines) is 1. The third-order valence-electron chi connectivity index (χ3n) is 4.83. The smallest absolute Gasteiger partial charge is 0.252 e. The topological polar surface area (TPSA) is 88.3 Å². The minimum absolute atomic E-state index is 0.208. The van der Waals surface area contributed by atoms with Gasteiger partial charge in [-0.3, -0.25) is 9.59 Å². The maximum absolute atomic E-state index is 11.9. The second-order valence-corrected chi connectivity index (χ2v) is 6.69. The Labute approximate surface area is 153 Å². The van der Waals surface area contributed by atoms with E-state index in [4.69, 9.17) is 5.73 Å². The number of hydrogen-bond acceptors (Lipinski definition) is 4. The van der Waals surface area contributed by atoms with Crippen LogP contribution in [0.2, 0.25) is 0 Å². The molecule has 0 spiro atoms. The lowest BCUT2D eigenvalue weighted by molar-refractivity contribution is -0.128. The van der Waals surface area contributed by atoms with Crippen LogP contribution in [0.5, 0.6) is 0 Å². The number of pyridine rings is 1. The van der Waals surface area contributed by atoms with Crippen LogP contribution in [-0.2, 0) is 17.9 Å². The van der Waals surface area contributed by atoms with Crippen LogP contribution < -0.4 is 11.1 Å². The molecule has 0 unspecified atom stereocenters. The molecule has 0 radical (unpaired) electrons. The predicted octanol–water partition coefficient (Wildman–Crippen LogP) is 2.53. The van der Waals surface area contributed by atoms with Gasteiger partial charge in [0.15, 0.2) is 0 Å². The average Bonchev–Trinajstić information content (AvgIpc) is 3.01. The number of anilines is 1. The highest BCUT2D eigenvalue weighted by atomic mass is 16.2. The highest BCUT2D eigenvalue weighted by Crippen LogP contribution is 2.20. The molecule has 0 atom stereocenters. The van der Waals surface area contributed by atoms with Gasteiger partial charge in [0.2, 0.25) is 5.91 Å². The van der Waals surface area contributed by atoms with E-state index in [0.717, 1.165) is 35.3 Å². The molecular weight excluding hydrogens is 328 g/mol. The molecule has 26 heavy (non-hydrogen) atoms. The third-order valence-corrected chi connectivity index (χ3v) is 4.83. The Kier molecular flexibility index (Phi) is 5.21. The normalized spacial score (nSPS) is 13.9. The first kappa shape index (κ1) is 17.9. The second kappa shape index (κ2) is 7.56. The summed E-state index contributed by atoms with van der Waals surface area (Å²) in [5.41, 5.74) is 9.83. The van der Waals surface area contributed by atoms with Gasteiger partial charge in [-0.1, -0.05) is 24.3 Å². The summed E-state index contributed by atoms with van der Waals surface area (Å²) in [5.74, 6) is 0.200. The molecule has 3 N–H and O–H groups in total. The number of aryl methyl sites for hydroxylation is 2. The summed E-state index contributed by atoms with van der Waals surface area (Å²) < 4.78 is 0. The van der Waals surface area contributed by atoms with Crippen molar-refractivity contribution in [3.05, 3.63) is 58.3 Å². The zero-order valence-electron chi connectivity index (χ0n) is 15.2. The van der Waals surface area contributed by atoms with E-state index in [-0.39, 0.29) is 5.91 Å². The Balaban J connectivity index is 1.79. The third kappa shape index (κ3) is 3.85. The van der Waals surface area contributed by atoms with Gasteiger partial charge in [-0.05, 0) is 43.0 Å². The fraction of sp³-hybridized carbons (Fsp3) is 0.350. The summed E-state index contributed by atoms with van der Waals surface area (Å²) in [6, 6.07) is 9.76. The number of hydrogen-bond donors (Lipinski definition) is 2. The second-order valence-electron chi connectivity index (χ2n) is 6.69. The summed E-state index contributed by atoms with van der Waals surface area (Å²) in [4.78, 5) is 30.0. The van der Waals surface area contributed by atoms with Crippen molar-refractivity contribution in [1.29, 1.82) is 0 Å². The van der Waals surface area contributed by atoms with Crippen LogP contribution in [0.25, 0.3) is 0 Å². The van der Waals surface area contributed by atoms with Gasteiger partial charge in [-0.25, -0.2) is 4.98 Å². The number of amides is 2. The number of carbonyl (C=O) groups is 2. The number of nitrogens with zero attached hydrogens (tertiary/aromatic N) is 2. The standard InChI is InChI=1S/C20H24N4O2/c1-13-10-17(19(21)26)20(23-14(13)2)22-11-15-6-3-4-7-16(15)12-24-9-5-8-18(24)25/h3-4,6-7,10H,5,8-9,11-12H2,1-2H3,(H2,21,26)(H,22,23). The number of nitrogens with two attached hydrogens (primary N) is 1. The number of benzene rings is 1. The van der Waals surface area contributed by atoms with Crippen molar-refractivity contribution in [3.63, 3.8) is 0 Å². The Morgan fingerprint density at radius 3 is 2.65 bits per heavy atom. The molecule has 1 saturated heterocycles. The van der Waals surface area contributed by atoms with Gasteiger partial charge in [0, 0.05) is 31.7 Å². The zero-order chi connectivity index (χ0) is 18.7. The van der Waals surface area contributed by atoms with Crippen molar-refractivity contribution >= 4 is 17.6 Å². The van der Waals surface area contributed by atoms with Crippen molar-refractivity contribution in [2.75, 3.05) is 11.9 Å². The summed E-state index contributed by atoms with van der Waals surface area (Å²) in [7, 11) is 0. The largest absolute Gasteiger partial charge is 0.365 e. The Hall–Kier alpha value is -2.89. The van der Waals surface area contributed by atoms with Crippen LogP contribution >= 0.6 is 0 Å². The van der Waals surface area contributed by atoms with E-state index in [2.05, 4.69) is 10.3 Å². The molecule has 3 rings (SSSR count). The highest BCUT2D eigenvalue weighted by molar-refractivity contribution is 5.97. The molecule has 1 aliphatic rings. The molecule has 6 nitrogen and oxygen atoms in total. The number of nitrogens with one attached hydrogen (secondary N) is 1. The van der Waals surface area contributed by atoms with E-state index in [0.29, 0.717) is 30.9 Å². The SMILES string of the molecule is Cc1cc(C(N)=O)c(NCc2ccccc2CN2CCCC2=O)nc1C. The van der Waals surface area contributed by atoms with Gasteiger partial charge in [-0.2, -0.15) is 0 Å². The van der Waals surface area contributed by atoms with Crippen molar-refractivity contribution in [1.82, 2.24) is 9.88 Å². The summed E-state index contributed by atoms with van der Waals surface area (Å²) in [6.45, 7) is 5.73. The first-order valence-electron chi connectivity index (χ1n) is 8.82. The molecule has 1 aliphatic heterocycles. The lowest BCUT2D eigenvalue weighted by Gasteiger charge is -2.19. The molecule has 0 aliphatic carbocycles. The number of aromatic nitrogens is 1. The molecule has 0 saturated carbocycles. The molecule has 0 bridgehead atoms. The van der Waals surface area contributed by atoms with Crippen LogP contribution in [0.4, 0.5) is 5.82 Å². The molecular formula is C20H24N4O2. The van der Waals surface area contributed by atoms with Crippen molar-refractivity contribution in [2.24, 2.45) is 5.73 Å². The monoisotopic (exact) mass is 352 g/mol. The van der Waals surface area contributed by atoms with Crippen LogP contribution in [0.3, 0.4) is 0 Å². The predicted molar refractivity (Wildman–Crippen MR) is 101 cm³/mol. The van der Waals surface area contributed by atoms with Crippen molar-refractivity contribution < 1.29 is 9.59 Å². The van der Waals surface area contributed by atoms with Crippen LogP contribution in [0.15, 0.2) is 30.3 Å². The lowest BCUT2D eigenvalue weighted by Crippen LogP contribution is -2.24. The van der Waals surface area contributed by atoms with Crippen molar-refractivity contribution in [2.45, 2.75) is 39.8 Å². The summed E-state index contributed by atoms with van der Waals surface area (Å²) in [5, 5.41) is 3.24. The van der Waals surface area contributed by atoms with Crippen LogP contribution in [-0.4, -0.2) is 28.2 Å². The summed E-state index contributed by atoms with van der Waals surface area (Å²) in [6.07, 6.45) is 1.56. The Morgan fingerprint density at radius 1 is 1.27 bits per heavy atom. The van der Waals surface area contributed by atoms with Crippen molar-refractivity contribution in [3.8, 4) is 0 Å². The van der Waals surface area contributed by atoms with Gasteiger partial charge >= 0.3 is 0 Å². The molecule has 1 fully saturated rings. The number of primary amides is 1. The first-order chi connectivity index (χ1) is 12.5. The minimum Gasteiger partial charge on any atom is -0.365 e. The van der Waals surface area contributed by atoms with Gasteiger partial charge in [0.05, 0.1) is 5.56 Å². The van der Waals surface area contributed by atoms with E-state index in [1.54, 1.807) is 6.07 Å². The number of carbonyl (C=O) groups excluding carboxylic acids is 2. The van der Waals surface area contributed by atoms with E-state index in [9.17, 15) is 9.59 Å². The molecule has 2 aromatic rings. The molecule has 136 valence electrons. The Morgan fingerprint density at radius 2 is 2.00 bits per heavy atom. The molecule has 1 aromatic carbocycles. The van der Waals surface area contributed by atoms with Gasteiger partial charge in [0.1, 0.15) is 5.82 Å². The molecule has 6 heteroatoms. The average molecular weight is 352 g/mol. The quantitative estimate of drug-likeness (QED) is 0.836. The molecule has 2 heterocycles. The Bertz CT molecular complexity index is 848. The van der Waals surface area contributed by atoms with Crippen LogP contribution in [0, 0.1) is 13.8 Å². The van der Waals surface area contributed by atoms with Gasteiger partial charge < -0.3 is 16.0 Å². The summed E-state index contributed by atoms with van der Waals surface area (Å²) >= 11 is 0. The van der Waals surface area contributed by atoms with E-state index in [1.165, 1.54) is 0 Å². The van der Waals surface area contributed by atoms with Crippen LogP contribution in [0.1, 0.15) is 45.6 Å². The van der Waals surface area contributed by atoms with E-state index < -0.39 is 5.91 Å². The maximum atomic E-state index is 11.9. The van der Waals surface area contributed by atoms with Gasteiger partial charge in [-0.15, -0.1) is 0 Å². The first-order valence-corrected chi connectivity index (χ1v) is 8.82. The van der Waals surface area contributed by atoms with E-state index in [1.807, 2.05) is 43.0 Å². The fourth-order valence-electron chi connectivity index (χ4n) is 3.17. The number of rotatable bonds is 6. The van der Waals surface area contributed by atoms with E-state index >= 15 is 0 Å². The molecule has 1 aromatic heterocycles. The fourth-order valence-corrected chi connectivity index (χ4v) is 3.17. The minimum atomic E-state index is -0.501. The lowest BCUT2D eigenvalue weighted by atomic mass is 10.1. The van der Waals surface area contributed by atoms with Gasteiger partial charge in [0.25, 0.3) is 5.91 Å². The zero-order valence-corrected chi connectivity index (χ0v) is 15.2. The maximum Gasteiger partial charge on any atom is 0.252 e. The molecule has 2 amide bonds. The highest BCUT2D eigenvalue weighted by Gasteiger charge is 2.21.